The lowest BCUT2D eigenvalue weighted by atomic mass is 10.2. The van der Waals surface area contributed by atoms with E-state index in [0.29, 0.717) is 0 Å². The van der Waals surface area contributed by atoms with Crippen molar-refractivity contribution in [3.63, 3.8) is 0 Å². The summed E-state index contributed by atoms with van der Waals surface area (Å²) in [6.45, 7) is 0.156. The average Bonchev–Trinajstić information content (AvgIpc) is 2.46. The first-order chi connectivity index (χ1) is 10.0. The molecule has 0 spiro atoms. The van der Waals surface area contributed by atoms with E-state index >= 15 is 0 Å². The molecule has 1 aromatic carbocycles. The highest BCUT2D eigenvalue weighted by Crippen LogP contribution is 2.17. The van der Waals surface area contributed by atoms with Crippen LogP contribution >= 0.6 is 0 Å². The fraction of sp³-hybridized carbons (Fsp3) is 0.214. The van der Waals surface area contributed by atoms with Crippen LogP contribution in [0.1, 0.15) is 5.56 Å². The molecule has 5 nitrogen and oxygen atoms in total. The Hall–Kier alpha value is -2.57. The van der Waals surface area contributed by atoms with Crippen molar-refractivity contribution in [2.24, 2.45) is 4.99 Å². The molecule has 0 unspecified atom stereocenters. The Balaban J connectivity index is 2.06. The van der Waals surface area contributed by atoms with Crippen LogP contribution in [-0.4, -0.2) is 35.3 Å². The molecule has 2 aromatic rings. The van der Waals surface area contributed by atoms with Crippen LogP contribution in [0.25, 0.3) is 0 Å². The monoisotopic (exact) mass is 292 g/mol. The van der Waals surface area contributed by atoms with Gasteiger partial charge in [0.2, 0.25) is 0 Å². The number of nitrogens with zero attached hydrogens (tertiary/aromatic N) is 4. The number of aromatic nitrogens is 2. The summed E-state index contributed by atoms with van der Waals surface area (Å²) >= 11 is 0. The number of ether oxygens (including phenoxy) is 1. The lowest BCUT2D eigenvalue weighted by Gasteiger charge is -2.06. The number of hydrogen-bond acceptors (Lipinski definition) is 4. The number of hydrogen-bond donors (Lipinski definition) is 0. The van der Waals surface area contributed by atoms with E-state index in [1.807, 2.05) is 0 Å². The lowest BCUT2D eigenvalue weighted by molar-refractivity contribution is 0.279. The lowest BCUT2D eigenvalue weighted by Crippen LogP contribution is -2.07. The van der Waals surface area contributed by atoms with Crippen molar-refractivity contribution < 1.29 is 13.5 Å². The zero-order valence-corrected chi connectivity index (χ0v) is 11.6. The Kier molecular flexibility index (Phi) is 4.76. The molecule has 0 N–H and O–H groups in total. The molecule has 1 aromatic heterocycles. The van der Waals surface area contributed by atoms with Crippen LogP contribution in [0, 0.1) is 11.6 Å². The van der Waals surface area contributed by atoms with Gasteiger partial charge in [0.25, 0.3) is 0 Å². The van der Waals surface area contributed by atoms with Gasteiger partial charge >= 0.3 is 6.01 Å². The molecule has 0 radical (unpaired) electrons. The largest absolute Gasteiger partial charge is 0.459 e. The summed E-state index contributed by atoms with van der Waals surface area (Å²) in [4.78, 5) is 13.1. The number of benzene rings is 1. The Morgan fingerprint density at radius 1 is 1.24 bits per heavy atom. The molecule has 0 bridgehead atoms. The van der Waals surface area contributed by atoms with Crippen LogP contribution in [0.2, 0.25) is 0 Å². The molecule has 0 amide bonds. The van der Waals surface area contributed by atoms with Gasteiger partial charge in [0.05, 0.1) is 12.5 Å². The molecule has 0 aliphatic rings. The zero-order valence-electron chi connectivity index (χ0n) is 11.6. The van der Waals surface area contributed by atoms with E-state index in [0.717, 1.165) is 11.8 Å². The van der Waals surface area contributed by atoms with E-state index in [9.17, 15) is 8.78 Å². The van der Waals surface area contributed by atoms with Gasteiger partial charge in [0, 0.05) is 14.1 Å². The third-order valence-electron chi connectivity index (χ3n) is 2.40. The molecular formula is C14H14F2N4O. The van der Waals surface area contributed by atoms with E-state index in [1.54, 1.807) is 31.1 Å². The summed E-state index contributed by atoms with van der Waals surface area (Å²) in [6.07, 6.45) is 2.42. The third-order valence-corrected chi connectivity index (χ3v) is 2.40. The predicted octanol–water partition coefficient (Wildman–Crippen LogP) is 2.56. The topological polar surface area (TPSA) is 50.6 Å². The van der Waals surface area contributed by atoms with E-state index in [1.165, 1.54) is 18.5 Å². The minimum Gasteiger partial charge on any atom is -0.459 e. The fourth-order valence-electron chi connectivity index (χ4n) is 1.40. The average molecular weight is 292 g/mol. The normalized spacial score (nSPS) is 10.9. The Morgan fingerprint density at radius 3 is 2.62 bits per heavy atom. The highest BCUT2D eigenvalue weighted by molar-refractivity contribution is 5.59. The van der Waals surface area contributed by atoms with Gasteiger partial charge in [-0.1, -0.05) is 12.1 Å². The highest BCUT2D eigenvalue weighted by Gasteiger charge is 2.07. The predicted molar refractivity (Wildman–Crippen MR) is 74.6 cm³/mol. The second kappa shape index (κ2) is 6.74. The number of rotatable bonds is 5. The SMILES string of the molecule is CN(C)C=Nc1nc(OCc2ccc(F)cc2)ncc1F. The van der Waals surface area contributed by atoms with Crippen LogP contribution in [-0.2, 0) is 6.61 Å². The van der Waals surface area contributed by atoms with Crippen LogP contribution in [0.4, 0.5) is 14.6 Å². The Bertz CT molecular complexity index is 629. The van der Waals surface area contributed by atoms with Gasteiger partial charge < -0.3 is 9.64 Å². The molecule has 1 heterocycles. The number of aliphatic imine (C=N–C) groups is 1. The maximum Gasteiger partial charge on any atom is 0.318 e. The first-order valence-electron chi connectivity index (χ1n) is 6.15. The van der Waals surface area contributed by atoms with Crippen molar-refractivity contribution in [2.75, 3.05) is 14.1 Å². The van der Waals surface area contributed by atoms with E-state index < -0.39 is 5.82 Å². The molecular weight excluding hydrogens is 278 g/mol. The summed E-state index contributed by atoms with van der Waals surface area (Å²) < 4.78 is 31.6. The van der Waals surface area contributed by atoms with Gasteiger partial charge in [0.1, 0.15) is 12.4 Å². The third kappa shape index (κ3) is 4.48. The summed E-state index contributed by atoms with van der Waals surface area (Å²) in [5, 5.41) is 0. The van der Waals surface area contributed by atoms with Crippen LogP contribution in [0.5, 0.6) is 6.01 Å². The second-order valence-electron chi connectivity index (χ2n) is 4.45. The standard InChI is InChI=1S/C14H14F2N4O/c1-20(2)9-18-13-12(16)7-17-14(19-13)21-8-10-3-5-11(15)6-4-10/h3-7,9H,8H2,1-2H3. The maximum absolute atomic E-state index is 13.5. The van der Waals surface area contributed by atoms with E-state index in [4.69, 9.17) is 4.74 Å². The minimum absolute atomic E-state index is 0.00614. The smallest absolute Gasteiger partial charge is 0.318 e. The van der Waals surface area contributed by atoms with Crippen LogP contribution < -0.4 is 4.74 Å². The molecule has 0 fully saturated rings. The molecule has 0 aliphatic carbocycles. The van der Waals surface area contributed by atoms with Crippen molar-refractivity contribution in [2.45, 2.75) is 6.61 Å². The van der Waals surface area contributed by atoms with Crippen molar-refractivity contribution in [1.82, 2.24) is 14.9 Å². The van der Waals surface area contributed by atoms with Gasteiger partial charge in [-0.25, -0.2) is 18.8 Å². The molecule has 21 heavy (non-hydrogen) atoms. The summed E-state index contributed by atoms with van der Waals surface area (Å²) in [5.41, 5.74) is 0.752. The molecule has 0 saturated heterocycles. The highest BCUT2D eigenvalue weighted by atomic mass is 19.1. The van der Waals surface area contributed by atoms with Crippen LogP contribution in [0.15, 0.2) is 35.5 Å². The van der Waals surface area contributed by atoms with Gasteiger partial charge in [-0.3, -0.25) is 0 Å². The van der Waals surface area contributed by atoms with E-state index in [-0.39, 0.29) is 24.3 Å². The van der Waals surface area contributed by atoms with Gasteiger partial charge in [-0.15, -0.1) is 0 Å². The molecule has 0 aliphatic heterocycles. The maximum atomic E-state index is 13.5. The molecule has 110 valence electrons. The van der Waals surface area contributed by atoms with Crippen LogP contribution in [0.3, 0.4) is 0 Å². The van der Waals surface area contributed by atoms with Crippen molar-refractivity contribution in [3.8, 4) is 6.01 Å². The quantitative estimate of drug-likeness (QED) is 0.628. The fourth-order valence-corrected chi connectivity index (χ4v) is 1.40. The van der Waals surface area contributed by atoms with Crippen molar-refractivity contribution in [1.29, 1.82) is 0 Å². The van der Waals surface area contributed by atoms with Crippen molar-refractivity contribution in [3.05, 3.63) is 47.7 Å². The van der Waals surface area contributed by atoms with Gasteiger partial charge in [0.15, 0.2) is 11.6 Å². The summed E-state index contributed by atoms with van der Waals surface area (Å²) in [7, 11) is 3.52. The Morgan fingerprint density at radius 2 is 1.95 bits per heavy atom. The van der Waals surface area contributed by atoms with Crippen molar-refractivity contribution >= 4 is 12.2 Å². The zero-order chi connectivity index (χ0) is 15.2. The second-order valence-corrected chi connectivity index (χ2v) is 4.45. The molecule has 0 saturated carbocycles. The van der Waals surface area contributed by atoms with Gasteiger partial charge in [-0.2, -0.15) is 4.98 Å². The van der Waals surface area contributed by atoms with E-state index in [2.05, 4.69) is 15.0 Å². The molecule has 0 atom stereocenters. The number of halogens is 2. The summed E-state index contributed by atoms with van der Waals surface area (Å²) in [6, 6.07) is 5.84. The minimum atomic E-state index is -0.637. The first kappa shape index (κ1) is 14.8. The first-order valence-corrected chi connectivity index (χ1v) is 6.15. The Labute approximate surface area is 120 Å². The van der Waals surface area contributed by atoms with Gasteiger partial charge in [-0.05, 0) is 17.7 Å². The summed E-state index contributed by atoms with van der Waals surface area (Å²) in [5.74, 6) is -1.06. The molecule has 2 rings (SSSR count). The molecule has 7 heteroatoms.